The third-order valence-electron chi connectivity index (χ3n) is 6.58. The smallest absolute Gasteiger partial charge is 0.124 e. The third kappa shape index (κ3) is 17.8. The molecule has 0 atom stereocenters. The molecule has 0 aliphatic carbocycles. The molecule has 0 radical (unpaired) electrons. The van der Waals surface area contributed by atoms with Crippen molar-refractivity contribution in [1.82, 2.24) is 0 Å². The fourth-order valence-corrected chi connectivity index (χ4v) is 4.38. The van der Waals surface area contributed by atoms with Crippen molar-refractivity contribution in [3.8, 4) is 23.8 Å². The lowest BCUT2D eigenvalue weighted by molar-refractivity contribution is 0.289. The van der Waals surface area contributed by atoms with Crippen LogP contribution in [-0.4, -0.2) is 13.2 Å². The van der Waals surface area contributed by atoms with Crippen LogP contribution in [0.1, 0.15) is 148 Å². The van der Waals surface area contributed by atoms with Gasteiger partial charge in [-0.15, -0.1) is 6.42 Å². The third-order valence-corrected chi connectivity index (χ3v) is 6.58. The maximum absolute atomic E-state index is 5.99. The predicted molar refractivity (Wildman–Crippen MR) is 149 cm³/mol. The second-order valence-electron chi connectivity index (χ2n) is 9.90. The lowest BCUT2D eigenvalue weighted by atomic mass is 10.1. The first kappa shape index (κ1) is 30.4. The summed E-state index contributed by atoms with van der Waals surface area (Å²) in [7, 11) is 0. The van der Waals surface area contributed by atoms with Crippen LogP contribution >= 0.6 is 0 Å². The van der Waals surface area contributed by atoms with Gasteiger partial charge in [-0.2, -0.15) is 0 Å². The van der Waals surface area contributed by atoms with E-state index in [9.17, 15) is 0 Å². The molecule has 2 heteroatoms. The second-order valence-corrected chi connectivity index (χ2v) is 9.90. The molecule has 2 nitrogen and oxygen atoms in total. The Morgan fingerprint density at radius 3 is 1.15 bits per heavy atom. The van der Waals surface area contributed by atoms with Crippen LogP contribution in [0.25, 0.3) is 0 Å². The van der Waals surface area contributed by atoms with Crippen molar-refractivity contribution in [2.75, 3.05) is 13.2 Å². The van der Waals surface area contributed by atoms with Crippen molar-refractivity contribution in [3.63, 3.8) is 0 Å². The summed E-state index contributed by atoms with van der Waals surface area (Å²) in [4.78, 5) is 0. The fourth-order valence-electron chi connectivity index (χ4n) is 4.38. The van der Waals surface area contributed by atoms with E-state index in [0.29, 0.717) is 0 Å². The van der Waals surface area contributed by atoms with E-state index >= 15 is 0 Å². The topological polar surface area (TPSA) is 18.5 Å². The summed E-state index contributed by atoms with van der Waals surface area (Å²) >= 11 is 0. The molecule has 0 saturated carbocycles. The molecule has 0 heterocycles. The van der Waals surface area contributed by atoms with E-state index in [0.717, 1.165) is 43.1 Å². The Kier molecular flexibility index (Phi) is 20.7. The van der Waals surface area contributed by atoms with E-state index in [1.807, 2.05) is 18.2 Å². The first-order chi connectivity index (χ1) is 16.8. The van der Waals surface area contributed by atoms with Crippen LogP contribution in [0, 0.1) is 12.3 Å². The zero-order valence-corrected chi connectivity index (χ0v) is 22.7. The Hall–Kier alpha value is -1.62. The summed E-state index contributed by atoms with van der Waals surface area (Å²) in [6.45, 7) is 6.06. The van der Waals surface area contributed by atoms with Crippen LogP contribution in [0.4, 0.5) is 0 Å². The van der Waals surface area contributed by atoms with Crippen LogP contribution in [0.2, 0.25) is 0 Å². The van der Waals surface area contributed by atoms with Crippen molar-refractivity contribution in [1.29, 1.82) is 0 Å². The van der Waals surface area contributed by atoms with Crippen molar-refractivity contribution in [3.05, 3.63) is 23.8 Å². The van der Waals surface area contributed by atoms with Gasteiger partial charge in [-0.1, -0.05) is 135 Å². The van der Waals surface area contributed by atoms with Crippen LogP contribution < -0.4 is 9.47 Å². The average molecular weight is 471 g/mol. The zero-order chi connectivity index (χ0) is 24.5. The van der Waals surface area contributed by atoms with Gasteiger partial charge in [0, 0.05) is 11.6 Å². The minimum absolute atomic E-state index is 0.752. The standard InChI is InChI=1S/C32H54O2/c1-4-7-9-11-13-15-17-19-21-23-25-33-31-27-30(6-3)28-32(29-31)34-26-24-22-20-18-16-14-12-10-8-5-2/h3,27-29H,4-5,7-26H2,1-2H3. The van der Waals surface area contributed by atoms with E-state index in [4.69, 9.17) is 15.9 Å². The van der Waals surface area contributed by atoms with Gasteiger partial charge in [0.2, 0.25) is 0 Å². The van der Waals surface area contributed by atoms with Crippen LogP contribution in [0.3, 0.4) is 0 Å². The number of rotatable bonds is 24. The Morgan fingerprint density at radius 1 is 0.500 bits per heavy atom. The van der Waals surface area contributed by atoms with Crippen LogP contribution in [0.5, 0.6) is 11.5 Å². The normalized spacial score (nSPS) is 10.9. The molecule has 0 fully saturated rings. The van der Waals surface area contributed by atoms with Crippen LogP contribution in [-0.2, 0) is 0 Å². The van der Waals surface area contributed by atoms with E-state index in [1.54, 1.807) is 0 Å². The molecular formula is C32H54O2. The van der Waals surface area contributed by atoms with Gasteiger partial charge in [-0.25, -0.2) is 0 Å². The molecule has 34 heavy (non-hydrogen) atoms. The molecule has 0 bridgehead atoms. The highest BCUT2D eigenvalue weighted by atomic mass is 16.5. The molecule has 1 aromatic rings. The quantitative estimate of drug-likeness (QED) is 0.110. The highest BCUT2D eigenvalue weighted by Gasteiger charge is 2.03. The molecule has 194 valence electrons. The highest BCUT2D eigenvalue weighted by molar-refractivity contribution is 5.45. The molecule has 0 N–H and O–H groups in total. The average Bonchev–Trinajstić information content (AvgIpc) is 2.85. The number of ether oxygens (including phenoxy) is 2. The molecule has 0 amide bonds. The van der Waals surface area contributed by atoms with Crippen LogP contribution in [0.15, 0.2) is 18.2 Å². The van der Waals surface area contributed by atoms with Gasteiger partial charge in [-0.3, -0.25) is 0 Å². The Bertz CT molecular complexity index is 572. The molecular weight excluding hydrogens is 416 g/mol. The molecule has 1 aromatic carbocycles. The van der Waals surface area contributed by atoms with Gasteiger partial charge in [0.1, 0.15) is 11.5 Å². The lowest BCUT2D eigenvalue weighted by Gasteiger charge is -2.11. The molecule has 0 saturated heterocycles. The summed E-state index contributed by atoms with van der Waals surface area (Å²) in [6.07, 6.45) is 32.3. The molecule has 0 aliphatic heterocycles. The van der Waals surface area contributed by atoms with Gasteiger partial charge < -0.3 is 9.47 Å². The molecule has 0 aliphatic rings. The molecule has 1 rings (SSSR count). The molecule has 0 aromatic heterocycles. The number of hydrogen-bond donors (Lipinski definition) is 0. The summed E-state index contributed by atoms with van der Waals surface area (Å²) in [5, 5.41) is 0. The summed E-state index contributed by atoms with van der Waals surface area (Å²) in [5.41, 5.74) is 0.832. The van der Waals surface area contributed by atoms with E-state index < -0.39 is 0 Å². The number of hydrogen-bond acceptors (Lipinski definition) is 2. The zero-order valence-electron chi connectivity index (χ0n) is 22.7. The van der Waals surface area contributed by atoms with Gasteiger partial charge >= 0.3 is 0 Å². The Morgan fingerprint density at radius 2 is 0.824 bits per heavy atom. The van der Waals surface area contributed by atoms with E-state index in [2.05, 4.69) is 19.8 Å². The second kappa shape index (κ2) is 23.1. The van der Waals surface area contributed by atoms with E-state index in [-0.39, 0.29) is 0 Å². The van der Waals surface area contributed by atoms with Gasteiger partial charge in [0.15, 0.2) is 0 Å². The minimum Gasteiger partial charge on any atom is -0.493 e. The molecule has 0 spiro atoms. The minimum atomic E-state index is 0.752. The maximum atomic E-state index is 5.99. The van der Waals surface area contributed by atoms with Gasteiger partial charge in [0.05, 0.1) is 13.2 Å². The van der Waals surface area contributed by atoms with Gasteiger partial charge in [0.25, 0.3) is 0 Å². The summed E-state index contributed by atoms with van der Waals surface area (Å²) < 4.78 is 12.0. The van der Waals surface area contributed by atoms with Crippen molar-refractivity contribution < 1.29 is 9.47 Å². The summed E-state index contributed by atoms with van der Waals surface area (Å²) in [6, 6.07) is 5.89. The lowest BCUT2D eigenvalue weighted by Crippen LogP contribution is -2.01. The SMILES string of the molecule is C#Cc1cc(OCCCCCCCCCCCC)cc(OCCCCCCCCCCCC)c1. The van der Waals surface area contributed by atoms with E-state index in [1.165, 1.54) is 116 Å². The first-order valence-electron chi connectivity index (χ1n) is 14.7. The Labute approximate surface area is 212 Å². The fraction of sp³-hybridized carbons (Fsp3) is 0.750. The highest BCUT2D eigenvalue weighted by Crippen LogP contribution is 2.23. The van der Waals surface area contributed by atoms with Crippen molar-refractivity contribution in [2.24, 2.45) is 0 Å². The number of terminal acetylenes is 1. The molecule has 0 unspecified atom stereocenters. The maximum Gasteiger partial charge on any atom is 0.124 e. The number of unbranched alkanes of at least 4 members (excludes halogenated alkanes) is 18. The largest absolute Gasteiger partial charge is 0.493 e. The van der Waals surface area contributed by atoms with Gasteiger partial charge in [-0.05, 0) is 25.0 Å². The monoisotopic (exact) mass is 470 g/mol. The number of benzene rings is 1. The first-order valence-corrected chi connectivity index (χ1v) is 14.7. The predicted octanol–water partition coefficient (Wildman–Crippen LogP) is 10.3. The van der Waals surface area contributed by atoms with Crippen molar-refractivity contribution >= 4 is 0 Å². The Balaban J connectivity index is 2.10. The van der Waals surface area contributed by atoms with Crippen molar-refractivity contribution in [2.45, 2.75) is 142 Å². The summed E-state index contributed by atoms with van der Waals surface area (Å²) in [5.74, 6) is 4.41.